The fourth-order valence-corrected chi connectivity index (χ4v) is 3.62. The molecule has 2 amide bonds. The van der Waals surface area contributed by atoms with E-state index in [4.69, 9.17) is 8.83 Å². The molecule has 7 nitrogen and oxygen atoms in total. The summed E-state index contributed by atoms with van der Waals surface area (Å²) >= 11 is 0. The van der Waals surface area contributed by atoms with Crippen LogP contribution in [0.25, 0.3) is 11.0 Å². The highest BCUT2D eigenvalue weighted by atomic mass is 16.4. The highest BCUT2D eigenvalue weighted by molar-refractivity contribution is 6.08. The monoisotopic (exact) mass is 400 g/mol. The Labute approximate surface area is 170 Å². The Balaban J connectivity index is 1.43. The lowest BCUT2D eigenvalue weighted by Gasteiger charge is -2.17. The third-order valence-corrected chi connectivity index (χ3v) is 5.10. The van der Waals surface area contributed by atoms with Gasteiger partial charge in [0.25, 0.3) is 11.8 Å². The summed E-state index contributed by atoms with van der Waals surface area (Å²) in [7, 11) is 0. The number of hydrogen-bond donors (Lipinski definition) is 1. The van der Waals surface area contributed by atoms with Crippen molar-refractivity contribution in [1.29, 1.82) is 0 Å². The average molecular weight is 400 g/mol. The largest absolute Gasteiger partial charge is 0.459 e. The maximum Gasteiger partial charge on any atom is 0.349 e. The zero-order valence-electron chi connectivity index (χ0n) is 15.8. The van der Waals surface area contributed by atoms with Crippen molar-refractivity contribution in [2.24, 2.45) is 0 Å². The van der Waals surface area contributed by atoms with Gasteiger partial charge in [-0.2, -0.15) is 0 Å². The van der Waals surface area contributed by atoms with Crippen LogP contribution in [0.5, 0.6) is 0 Å². The average Bonchev–Trinajstić information content (AvgIpc) is 3.42. The van der Waals surface area contributed by atoms with Crippen molar-refractivity contribution < 1.29 is 18.4 Å². The molecule has 2 aromatic carbocycles. The number of para-hydroxylation sites is 1. The number of benzene rings is 2. The molecule has 5 rings (SSSR count). The van der Waals surface area contributed by atoms with Crippen LogP contribution in [-0.4, -0.2) is 18.4 Å². The maximum atomic E-state index is 12.7. The summed E-state index contributed by atoms with van der Waals surface area (Å²) in [6.07, 6.45) is 2.17. The Hall–Kier alpha value is -4.13. The lowest BCUT2D eigenvalue weighted by atomic mass is 10.1. The quantitative estimate of drug-likeness (QED) is 0.528. The van der Waals surface area contributed by atoms with Gasteiger partial charge < -0.3 is 19.1 Å². The van der Waals surface area contributed by atoms with Crippen molar-refractivity contribution in [3.05, 3.63) is 94.2 Å². The molecule has 0 bridgehead atoms. The molecule has 7 heteroatoms. The third kappa shape index (κ3) is 3.06. The van der Waals surface area contributed by atoms with Crippen molar-refractivity contribution in [3.63, 3.8) is 0 Å². The van der Waals surface area contributed by atoms with E-state index in [1.807, 2.05) is 6.07 Å². The highest BCUT2D eigenvalue weighted by Crippen LogP contribution is 2.32. The number of nitrogens with one attached hydrogen (secondary N) is 1. The summed E-state index contributed by atoms with van der Waals surface area (Å²) in [5, 5.41) is 3.39. The molecule has 0 unspecified atom stereocenters. The summed E-state index contributed by atoms with van der Waals surface area (Å²) in [5.41, 5.74) is 1.81. The summed E-state index contributed by atoms with van der Waals surface area (Å²) < 4.78 is 10.5. The molecule has 0 saturated carbocycles. The molecule has 1 N–H and O–H groups in total. The van der Waals surface area contributed by atoms with Crippen molar-refractivity contribution >= 4 is 34.2 Å². The van der Waals surface area contributed by atoms with Crippen LogP contribution in [0.15, 0.2) is 80.6 Å². The molecule has 3 heterocycles. The van der Waals surface area contributed by atoms with Gasteiger partial charge in [0, 0.05) is 23.3 Å². The van der Waals surface area contributed by atoms with Crippen LogP contribution in [0.1, 0.15) is 26.5 Å². The first-order valence-electron chi connectivity index (χ1n) is 9.43. The Kier molecular flexibility index (Phi) is 4.21. The molecule has 4 aromatic rings. The summed E-state index contributed by atoms with van der Waals surface area (Å²) in [6, 6.07) is 17.1. The number of furan rings is 1. The molecule has 148 valence electrons. The van der Waals surface area contributed by atoms with Gasteiger partial charge in [0.05, 0.1) is 6.26 Å². The number of nitrogens with zero attached hydrogens (tertiary/aromatic N) is 1. The number of rotatable bonds is 3. The van der Waals surface area contributed by atoms with Gasteiger partial charge in [-0.15, -0.1) is 0 Å². The lowest BCUT2D eigenvalue weighted by Crippen LogP contribution is -2.28. The van der Waals surface area contributed by atoms with E-state index >= 15 is 0 Å². The first-order valence-corrected chi connectivity index (χ1v) is 9.43. The van der Waals surface area contributed by atoms with Crippen LogP contribution in [0.4, 0.5) is 11.4 Å². The summed E-state index contributed by atoms with van der Waals surface area (Å²) in [6.45, 7) is 0.528. The second kappa shape index (κ2) is 7.04. The number of carbonyl (C=O) groups is 2. The van der Waals surface area contributed by atoms with Crippen LogP contribution in [-0.2, 0) is 6.42 Å². The SMILES string of the molecule is O=C(Nc1ccc2c(c1)N(C(=O)c1ccco1)CC2)c1cc2ccccc2oc1=O. The summed E-state index contributed by atoms with van der Waals surface area (Å²) in [5.74, 6) is -0.556. The van der Waals surface area contributed by atoms with Crippen LogP contribution < -0.4 is 15.8 Å². The molecular weight excluding hydrogens is 384 g/mol. The van der Waals surface area contributed by atoms with Gasteiger partial charge in [0.1, 0.15) is 11.1 Å². The molecule has 0 atom stereocenters. The predicted octanol–water partition coefficient (Wildman–Crippen LogP) is 3.84. The number of hydrogen-bond acceptors (Lipinski definition) is 5. The van der Waals surface area contributed by atoms with Gasteiger partial charge in [0.2, 0.25) is 0 Å². The van der Waals surface area contributed by atoms with Gasteiger partial charge in [-0.3, -0.25) is 9.59 Å². The van der Waals surface area contributed by atoms with Gasteiger partial charge in [-0.1, -0.05) is 24.3 Å². The Bertz CT molecular complexity index is 1340. The van der Waals surface area contributed by atoms with Crippen molar-refractivity contribution in [1.82, 2.24) is 0 Å². The van der Waals surface area contributed by atoms with Crippen LogP contribution in [0.3, 0.4) is 0 Å². The number of carbonyl (C=O) groups excluding carboxylic acids is 2. The molecule has 0 radical (unpaired) electrons. The van der Waals surface area contributed by atoms with E-state index in [0.717, 1.165) is 5.56 Å². The van der Waals surface area contributed by atoms with E-state index in [9.17, 15) is 14.4 Å². The van der Waals surface area contributed by atoms with E-state index < -0.39 is 11.5 Å². The Morgan fingerprint density at radius 3 is 2.70 bits per heavy atom. The molecule has 0 spiro atoms. The third-order valence-electron chi connectivity index (χ3n) is 5.10. The summed E-state index contributed by atoms with van der Waals surface area (Å²) in [4.78, 5) is 39.3. The molecule has 0 aliphatic carbocycles. The molecule has 0 saturated heterocycles. The van der Waals surface area contributed by atoms with E-state index in [2.05, 4.69) is 5.32 Å². The van der Waals surface area contributed by atoms with Gasteiger partial charge in [-0.05, 0) is 48.4 Å². The van der Waals surface area contributed by atoms with Crippen LogP contribution in [0, 0.1) is 0 Å². The molecule has 0 fully saturated rings. The van der Waals surface area contributed by atoms with Crippen LogP contribution in [0.2, 0.25) is 0 Å². The Morgan fingerprint density at radius 1 is 1.00 bits per heavy atom. The molecule has 30 heavy (non-hydrogen) atoms. The standard InChI is InChI=1S/C23H16N2O5/c26-21(17-12-15-4-1-2-5-19(15)30-23(17)28)24-16-8-7-14-9-10-25(18(14)13-16)22(27)20-6-3-11-29-20/h1-8,11-13H,9-10H2,(H,24,26). The number of fused-ring (bicyclic) bond motifs is 2. The van der Waals surface area contributed by atoms with E-state index in [1.165, 1.54) is 12.3 Å². The minimum atomic E-state index is -0.706. The van der Waals surface area contributed by atoms with Crippen molar-refractivity contribution in [3.8, 4) is 0 Å². The fraction of sp³-hybridized carbons (Fsp3) is 0.0870. The fourth-order valence-electron chi connectivity index (χ4n) is 3.62. The normalized spacial score (nSPS) is 12.7. The first kappa shape index (κ1) is 17.9. The minimum absolute atomic E-state index is 0.0854. The van der Waals surface area contributed by atoms with E-state index in [1.54, 1.807) is 53.4 Å². The van der Waals surface area contributed by atoms with E-state index in [0.29, 0.717) is 35.3 Å². The second-order valence-electron chi connectivity index (χ2n) is 6.97. The van der Waals surface area contributed by atoms with Crippen molar-refractivity contribution in [2.45, 2.75) is 6.42 Å². The number of anilines is 2. The van der Waals surface area contributed by atoms with Crippen LogP contribution >= 0.6 is 0 Å². The number of amides is 2. The first-order chi connectivity index (χ1) is 14.6. The second-order valence-corrected chi connectivity index (χ2v) is 6.97. The molecule has 2 aromatic heterocycles. The zero-order valence-corrected chi connectivity index (χ0v) is 15.8. The zero-order chi connectivity index (χ0) is 20.7. The van der Waals surface area contributed by atoms with Gasteiger partial charge in [0.15, 0.2) is 5.76 Å². The van der Waals surface area contributed by atoms with E-state index in [-0.39, 0.29) is 17.2 Å². The topological polar surface area (TPSA) is 92.8 Å². The molecule has 1 aliphatic heterocycles. The maximum absolute atomic E-state index is 12.7. The predicted molar refractivity (Wildman–Crippen MR) is 111 cm³/mol. The lowest BCUT2D eigenvalue weighted by molar-refractivity contribution is 0.0962. The van der Waals surface area contributed by atoms with Gasteiger partial charge >= 0.3 is 5.63 Å². The molecular formula is C23H16N2O5. The van der Waals surface area contributed by atoms with Gasteiger partial charge in [-0.25, -0.2) is 4.79 Å². The smallest absolute Gasteiger partial charge is 0.349 e. The highest BCUT2D eigenvalue weighted by Gasteiger charge is 2.27. The Morgan fingerprint density at radius 2 is 1.87 bits per heavy atom. The molecule has 1 aliphatic rings. The van der Waals surface area contributed by atoms with Crippen molar-refractivity contribution in [2.75, 3.05) is 16.8 Å². The minimum Gasteiger partial charge on any atom is -0.459 e.